The molecule has 0 saturated carbocycles. The van der Waals surface area contributed by atoms with E-state index in [9.17, 15) is 0 Å². The van der Waals surface area contributed by atoms with Gasteiger partial charge in [-0.05, 0) is 95.6 Å². The van der Waals surface area contributed by atoms with Crippen LogP contribution in [-0.2, 0) is 6.54 Å². The average molecular weight is 698 g/mol. The fourth-order valence-corrected chi connectivity index (χ4v) is 8.99. The molecule has 0 aliphatic heterocycles. The van der Waals surface area contributed by atoms with Crippen molar-refractivity contribution in [3.63, 3.8) is 0 Å². The van der Waals surface area contributed by atoms with Crippen molar-refractivity contribution in [2.75, 3.05) is 10.2 Å². The Morgan fingerprint density at radius 2 is 1.16 bits per heavy atom. The van der Waals surface area contributed by atoms with E-state index in [-0.39, 0.29) is 0 Å². The van der Waals surface area contributed by atoms with Gasteiger partial charge in [-0.3, -0.25) is 0 Å². The molecule has 3 nitrogen and oxygen atoms in total. The Morgan fingerprint density at radius 3 is 1.90 bits per heavy atom. The Morgan fingerprint density at radius 1 is 0.540 bits per heavy atom. The molecule has 50 heavy (non-hydrogen) atoms. The van der Waals surface area contributed by atoms with Crippen LogP contribution >= 0.6 is 35.3 Å². The van der Waals surface area contributed by atoms with Gasteiger partial charge in [-0.25, -0.2) is 4.98 Å². The minimum absolute atomic E-state index is 0.715. The summed E-state index contributed by atoms with van der Waals surface area (Å²) in [5.74, 6) is 0. The predicted molar refractivity (Wildman–Crippen MR) is 219 cm³/mol. The summed E-state index contributed by atoms with van der Waals surface area (Å²) >= 11 is 8.20. The number of benzene rings is 7. The van der Waals surface area contributed by atoms with Gasteiger partial charge in [0.25, 0.3) is 0 Å². The molecule has 0 aliphatic carbocycles. The first kappa shape index (κ1) is 30.6. The van der Waals surface area contributed by atoms with Crippen molar-refractivity contribution >= 4 is 88.4 Å². The highest BCUT2D eigenvalue weighted by Gasteiger charge is 2.16. The van der Waals surface area contributed by atoms with Crippen LogP contribution in [0.5, 0.6) is 0 Å². The Bertz CT molecular complexity index is 2570. The van der Waals surface area contributed by atoms with Gasteiger partial charge in [-0.15, -0.1) is 35.3 Å². The highest BCUT2D eigenvalue weighted by Crippen LogP contribution is 2.42. The molecule has 0 fully saturated rings. The molecule has 0 bridgehead atoms. The van der Waals surface area contributed by atoms with Crippen molar-refractivity contribution in [2.45, 2.75) is 11.4 Å². The predicted octanol–water partition coefficient (Wildman–Crippen LogP) is 13.4. The Balaban J connectivity index is 1.06. The Hall–Kier alpha value is -5.40. The number of thiol groups is 1. The van der Waals surface area contributed by atoms with Gasteiger partial charge in [0.15, 0.2) is 0 Å². The van der Waals surface area contributed by atoms with Gasteiger partial charge in [0, 0.05) is 59.9 Å². The van der Waals surface area contributed by atoms with Crippen LogP contribution in [0.1, 0.15) is 5.56 Å². The van der Waals surface area contributed by atoms with E-state index >= 15 is 0 Å². The highest BCUT2D eigenvalue weighted by molar-refractivity contribution is 7.80. The lowest BCUT2D eigenvalue weighted by Crippen LogP contribution is -2.10. The topological polar surface area (TPSA) is 28.2 Å². The van der Waals surface area contributed by atoms with Crippen molar-refractivity contribution in [1.82, 2.24) is 4.98 Å². The van der Waals surface area contributed by atoms with E-state index in [1.165, 1.54) is 41.6 Å². The fourth-order valence-electron chi connectivity index (χ4n) is 6.54. The summed E-state index contributed by atoms with van der Waals surface area (Å²) in [5, 5.41) is 7.19. The van der Waals surface area contributed by atoms with E-state index in [2.05, 4.69) is 162 Å². The number of anilines is 4. The zero-order valence-electron chi connectivity index (χ0n) is 27.0. The molecule has 9 aromatic rings. The number of hydrogen-bond donors (Lipinski definition) is 2. The van der Waals surface area contributed by atoms with E-state index in [0.717, 1.165) is 43.7 Å². The van der Waals surface area contributed by atoms with E-state index < -0.39 is 0 Å². The number of nitrogens with zero attached hydrogens (tertiary/aromatic N) is 2. The largest absolute Gasteiger partial charge is 0.380 e. The highest BCUT2D eigenvalue weighted by atomic mass is 32.1. The number of thiophene rings is 1. The van der Waals surface area contributed by atoms with Crippen molar-refractivity contribution in [1.29, 1.82) is 0 Å². The van der Waals surface area contributed by atoms with Gasteiger partial charge >= 0.3 is 0 Å². The minimum Gasteiger partial charge on any atom is -0.380 e. The van der Waals surface area contributed by atoms with Gasteiger partial charge in [0.2, 0.25) is 0 Å². The van der Waals surface area contributed by atoms with Crippen molar-refractivity contribution in [3.05, 3.63) is 169 Å². The van der Waals surface area contributed by atoms with Crippen LogP contribution in [0.2, 0.25) is 0 Å². The third kappa shape index (κ3) is 5.81. The number of nitrogens with one attached hydrogen (secondary N) is 1. The molecule has 0 atom stereocenters. The molecular formula is C44H31N3S3. The smallest absolute Gasteiger partial charge is 0.124 e. The van der Waals surface area contributed by atoms with E-state index in [1.54, 1.807) is 11.3 Å². The van der Waals surface area contributed by atoms with Gasteiger partial charge in [0.05, 0.1) is 10.2 Å². The number of para-hydroxylation sites is 2. The first-order chi connectivity index (χ1) is 24.7. The molecule has 240 valence electrons. The van der Waals surface area contributed by atoms with Gasteiger partial charge in [-0.1, -0.05) is 84.9 Å². The van der Waals surface area contributed by atoms with Crippen LogP contribution in [0.3, 0.4) is 0 Å². The molecule has 6 heteroatoms. The standard InChI is InChI=1S/C44H31N3S3/c48-40-13-4-2-11-38(40)45-28-29-16-22-32(23-17-29)47(34-26-20-31(21-27-34)44-46-39-12-3-6-15-42(39)50-44)33-24-18-30(19-25-33)35-9-7-10-37-36-8-1-5-14-41(36)49-43(35)37/h1-27,45,48H,28H2. The van der Waals surface area contributed by atoms with Crippen molar-refractivity contribution < 1.29 is 0 Å². The minimum atomic E-state index is 0.715. The molecule has 0 spiro atoms. The number of hydrogen-bond acceptors (Lipinski definition) is 6. The van der Waals surface area contributed by atoms with Crippen molar-refractivity contribution in [2.24, 2.45) is 0 Å². The van der Waals surface area contributed by atoms with Crippen LogP contribution in [0.25, 0.3) is 52.1 Å². The molecule has 2 heterocycles. The molecule has 0 amide bonds. The number of rotatable bonds is 8. The zero-order valence-corrected chi connectivity index (χ0v) is 29.5. The van der Waals surface area contributed by atoms with E-state index in [0.29, 0.717) is 6.54 Å². The van der Waals surface area contributed by atoms with Gasteiger partial charge in [-0.2, -0.15) is 0 Å². The normalized spacial score (nSPS) is 11.4. The summed E-state index contributed by atoms with van der Waals surface area (Å²) < 4.78 is 3.85. The summed E-state index contributed by atoms with van der Waals surface area (Å²) in [6, 6.07) is 58.3. The molecule has 1 N–H and O–H groups in total. The van der Waals surface area contributed by atoms with Gasteiger partial charge < -0.3 is 10.2 Å². The molecule has 0 radical (unpaired) electrons. The van der Waals surface area contributed by atoms with Crippen LogP contribution < -0.4 is 10.2 Å². The first-order valence-corrected chi connectivity index (χ1v) is 18.6. The maximum Gasteiger partial charge on any atom is 0.124 e. The number of fused-ring (bicyclic) bond motifs is 4. The summed E-state index contributed by atoms with van der Waals surface area (Å²) in [5.41, 5.74) is 10.1. The lowest BCUT2D eigenvalue weighted by Gasteiger charge is -2.26. The van der Waals surface area contributed by atoms with Crippen LogP contribution in [-0.4, -0.2) is 4.98 Å². The monoisotopic (exact) mass is 697 g/mol. The summed E-state index contributed by atoms with van der Waals surface area (Å²) in [6.45, 7) is 0.715. The number of thiazole rings is 1. The van der Waals surface area contributed by atoms with Crippen LogP contribution in [0.4, 0.5) is 22.7 Å². The maximum atomic E-state index is 4.90. The molecular weight excluding hydrogens is 667 g/mol. The van der Waals surface area contributed by atoms with Crippen LogP contribution in [0, 0.1) is 0 Å². The lowest BCUT2D eigenvalue weighted by molar-refractivity contribution is 1.13. The van der Waals surface area contributed by atoms with Crippen molar-refractivity contribution in [3.8, 4) is 21.7 Å². The molecule has 0 aliphatic rings. The molecule has 0 unspecified atom stereocenters. The molecule has 2 aromatic heterocycles. The summed E-state index contributed by atoms with van der Waals surface area (Å²) in [6.07, 6.45) is 0. The molecule has 9 rings (SSSR count). The van der Waals surface area contributed by atoms with Gasteiger partial charge in [0.1, 0.15) is 5.01 Å². The van der Waals surface area contributed by atoms with Crippen LogP contribution in [0.15, 0.2) is 169 Å². The second-order valence-corrected chi connectivity index (χ2v) is 14.8. The summed E-state index contributed by atoms with van der Waals surface area (Å²) in [4.78, 5) is 8.16. The average Bonchev–Trinajstić information content (AvgIpc) is 3.78. The molecule has 7 aromatic carbocycles. The number of aromatic nitrogens is 1. The SMILES string of the molecule is Sc1ccccc1NCc1ccc(N(c2ccc(-c3nc4ccccc4s3)cc2)c2ccc(-c3cccc4c3sc3ccccc34)cc2)cc1. The molecule has 0 saturated heterocycles. The second-order valence-electron chi connectivity index (χ2n) is 12.2. The Kier molecular flexibility index (Phi) is 8.05. The first-order valence-electron chi connectivity index (χ1n) is 16.6. The quantitative estimate of drug-likeness (QED) is 0.155. The fraction of sp³-hybridized carbons (Fsp3) is 0.0227. The maximum absolute atomic E-state index is 4.90. The zero-order chi connectivity index (χ0) is 33.4. The van der Waals surface area contributed by atoms with E-state index in [1.807, 2.05) is 35.6 Å². The summed E-state index contributed by atoms with van der Waals surface area (Å²) in [7, 11) is 0. The third-order valence-electron chi connectivity index (χ3n) is 9.09. The van der Waals surface area contributed by atoms with E-state index in [4.69, 9.17) is 4.98 Å². The Labute approximate surface area is 304 Å². The third-order valence-corrected chi connectivity index (χ3v) is 11.8. The lowest BCUT2D eigenvalue weighted by atomic mass is 10.0. The second kappa shape index (κ2) is 13.1.